The third-order valence-electron chi connectivity index (χ3n) is 2.62. The predicted molar refractivity (Wildman–Crippen MR) is 65.8 cm³/mol. The monoisotopic (exact) mass is 303 g/mol. The van der Waals surface area contributed by atoms with Gasteiger partial charge >= 0.3 is 6.18 Å². The SMILES string of the molecule is CCc1ccc(C(=O)c2ccc(C(F)(F)F)nc2Cl)o1. The number of alkyl halides is 3. The Labute approximate surface area is 117 Å². The quantitative estimate of drug-likeness (QED) is 0.632. The predicted octanol–water partition coefficient (Wildman–Crippen LogP) is 4.14. The molecule has 0 saturated heterocycles. The van der Waals surface area contributed by atoms with Crippen LogP contribution in [0.1, 0.15) is 34.5 Å². The van der Waals surface area contributed by atoms with Gasteiger partial charge in [-0.3, -0.25) is 4.79 Å². The van der Waals surface area contributed by atoms with Crippen molar-refractivity contribution in [3.8, 4) is 0 Å². The Morgan fingerprint density at radius 3 is 2.50 bits per heavy atom. The lowest BCUT2D eigenvalue weighted by Crippen LogP contribution is -2.10. The number of ketones is 1. The first-order valence-electron chi connectivity index (χ1n) is 5.70. The Morgan fingerprint density at radius 1 is 1.30 bits per heavy atom. The fourth-order valence-electron chi connectivity index (χ4n) is 1.58. The summed E-state index contributed by atoms with van der Waals surface area (Å²) in [6.45, 7) is 1.85. The molecule has 0 bridgehead atoms. The van der Waals surface area contributed by atoms with Crippen molar-refractivity contribution in [3.63, 3.8) is 0 Å². The van der Waals surface area contributed by atoms with E-state index in [1.54, 1.807) is 6.07 Å². The van der Waals surface area contributed by atoms with E-state index in [1.807, 2.05) is 6.92 Å². The minimum Gasteiger partial charge on any atom is -0.458 e. The van der Waals surface area contributed by atoms with Gasteiger partial charge in [0.05, 0.1) is 5.56 Å². The number of aromatic nitrogens is 1. The van der Waals surface area contributed by atoms with Gasteiger partial charge < -0.3 is 4.42 Å². The van der Waals surface area contributed by atoms with Gasteiger partial charge in [0.1, 0.15) is 16.6 Å². The fraction of sp³-hybridized carbons (Fsp3) is 0.231. The van der Waals surface area contributed by atoms with Crippen LogP contribution in [0.15, 0.2) is 28.7 Å². The van der Waals surface area contributed by atoms with E-state index in [4.69, 9.17) is 16.0 Å². The standard InChI is InChI=1S/C13H9ClF3NO2/c1-2-7-3-5-9(20-7)11(19)8-4-6-10(13(15,16)17)18-12(8)14/h3-6H,2H2,1H3. The van der Waals surface area contributed by atoms with Crippen molar-refractivity contribution in [2.75, 3.05) is 0 Å². The molecule has 20 heavy (non-hydrogen) atoms. The zero-order chi connectivity index (χ0) is 14.9. The number of aryl methyl sites for hydroxylation is 1. The second kappa shape index (κ2) is 5.28. The summed E-state index contributed by atoms with van der Waals surface area (Å²) in [6, 6.07) is 4.78. The summed E-state index contributed by atoms with van der Waals surface area (Å²) < 4.78 is 42.6. The average molecular weight is 304 g/mol. The van der Waals surface area contributed by atoms with Crippen LogP contribution >= 0.6 is 11.6 Å². The molecule has 0 atom stereocenters. The molecule has 0 N–H and O–H groups in total. The molecule has 0 spiro atoms. The summed E-state index contributed by atoms with van der Waals surface area (Å²) in [5.41, 5.74) is -1.27. The maximum atomic E-state index is 12.4. The van der Waals surface area contributed by atoms with Crippen molar-refractivity contribution >= 4 is 17.4 Å². The van der Waals surface area contributed by atoms with Crippen LogP contribution in [-0.2, 0) is 12.6 Å². The van der Waals surface area contributed by atoms with Gasteiger partial charge in [0.25, 0.3) is 0 Å². The van der Waals surface area contributed by atoms with E-state index in [-0.39, 0.29) is 11.3 Å². The molecule has 2 aromatic heterocycles. The lowest BCUT2D eigenvalue weighted by molar-refractivity contribution is -0.141. The number of carbonyl (C=O) groups excluding carboxylic acids is 1. The molecule has 0 aliphatic rings. The normalized spacial score (nSPS) is 11.7. The Balaban J connectivity index is 2.36. The van der Waals surface area contributed by atoms with Crippen molar-refractivity contribution in [2.24, 2.45) is 0 Å². The second-order valence-electron chi connectivity index (χ2n) is 3.98. The molecule has 0 aromatic carbocycles. The van der Waals surface area contributed by atoms with E-state index in [1.165, 1.54) is 6.07 Å². The van der Waals surface area contributed by atoms with Gasteiger partial charge in [-0.1, -0.05) is 18.5 Å². The van der Waals surface area contributed by atoms with Gasteiger partial charge in [-0.15, -0.1) is 0 Å². The molecule has 7 heteroatoms. The molecule has 2 heterocycles. The fourth-order valence-corrected chi connectivity index (χ4v) is 1.82. The Hall–Kier alpha value is -1.82. The first-order chi connectivity index (χ1) is 9.32. The maximum Gasteiger partial charge on any atom is 0.433 e. The number of carbonyl (C=O) groups is 1. The number of pyridine rings is 1. The van der Waals surface area contributed by atoms with E-state index >= 15 is 0 Å². The number of nitrogens with zero attached hydrogens (tertiary/aromatic N) is 1. The summed E-state index contributed by atoms with van der Waals surface area (Å²) in [6.07, 6.45) is -4.00. The summed E-state index contributed by atoms with van der Waals surface area (Å²) in [5, 5.41) is -0.501. The molecular formula is C13H9ClF3NO2. The molecule has 2 aromatic rings. The van der Waals surface area contributed by atoms with Gasteiger partial charge in [-0.05, 0) is 24.3 Å². The van der Waals surface area contributed by atoms with Crippen LogP contribution in [0.5, 0.6) is 0 Å². The summed E-state index contributed by atoms with van der Waals surface area (Å²) >= 11 is 5.65. The largest absolute Gasteiger partial charge is 0.458 e. The molecule has 0 aliphatic heterocycles. The van der Waals surface area contributed by atoms with Crippen molar-refractivity contribution in [1.29, 1.82) is 0 Å². The van der Waals surface area contributed by atoms with Crippen molar-refractivity contribution in [2.45, 2.75) is 19.5 Å². The smallest absolute Gasteiger partial charge is 0.433 e. The second-order valence-corrected chi connectivity index (χ2v) is 4.34. The van der Waals surface area contributed by atoms with Crippen LogP contribution in [0.25, 0.3) is 0 Å². The number of hydrogen-bond donors (Lipinski definition) is 0. The Kier molecular flexibility index (Phi) is 3.85. The molecule has 0 aliphatic carbocycles. The highest BCUT2D eigenvalue weighted by atomic mass is 35.5. The minimum atomic E-state index is -4.61. The highest BCUT2D eigenvalue weighted by molar-refractivity contribution is 6.33. The summed E-state index contributed by atoms with van der Waals surface area (Å²) in [7, 11) is 0. The lowest BCUT2D eigenvalue weighted by Gasteiger charge is -2.07. The zero-order valence-corrected chi connectivity index (χ0v) is 11.0. The van der Waals surface area contributed by atoms with Gasteiger partial charge in [0, 0.05) is 6.42 Å². The highest BCUT2D eigenvalue weighted by Crippen LogP contribution is 2.30. The van der Waals surface area contributed by atoms with Crippen LogP contribution in [0.2, 0.25) is 5.15 Å². The molecule has 2 rings (SSSR count). The highest BCUT2D eigenvalue weighted by Gasteiger charge is 2.33. The number of rotatable bonds is 3. The molecular weight excluding hydrogens is 295 g/mol. The molecule has 106 valence electrons. The minimum absolute atomic E-state index is 0.0188. The van der Waals surface area contributed by atoms with Gasteiger partial charge in [0.2, 0.25) is 5.78 Å². The van der Waals surface area contributed by atoms with Gasteiger partial charge in [-0.25, -0.2) is 4.98 Å². The summed E-state index contributed by atoms with van der Waals surface area (Å²) in [4.78, 5) is 15.3. The van der Waals surface area contributed by atoms with E-state index < -0.39 is 22.8 Å². The van der Waals surface area contributed by atoms with Gasteiger partial charge in [0.15, 0.2) is 5.76 Å². The molecule has 0 amide bonds. The molecule has 0 radical (unpaired) electrons. The van der Waals surface area contributed by atoms with Crippen LogP contribution in [0.3, 0.4) is 0 Å². The zero-order valence-electron chi connectivity index (χ0n) is 10.3. The molecule has 3 nitrogen and oxygen atoms in total. The number of hydrogen-bond acceptors (Lipinski definition) is 3. The lowest BCUT2D eigenvalue weighted by atomic mass is 10.1. The van der Waals surface area contributed by atoms with E-state index in [0.29, 0.717) is 18.2 Å². The number of halogens is 4. The Bertz CT molecular complexity index is 649. The van der Waals surface area contributed by atoms with Crippen molar-refractivity contribution < 1.29 is 22.4 Å². The van der Waals surface area contributed by atoms with Crippen LogP contribution < -0.4 is 0 Å². The van der Waals surface area contributed by atoms with E-state index in [2.05, 4.69) is 4.98 Å². The van der Waals surface area contributed by atoms with Crippen LogP contribution in [0.4, 0.5) is 13.2 Å². The Morgan fingerprint density at radius 2 is 2.00 bits per heavy atom. The van der Waals surface area contributed by atoms with Crippen molar-refractivity contribution in [1.82, 2.24) is 4.98 Å². The first kappa shape index (κ1) is 14.6. The number of furan rings is 1. The van der Waals surface area contributed by atoms with Crippen LogP contribution in [-0.4, -0.2) is 10.8 Å². The summed E-state index contributed by atoms with van der Waals surface area (Å²) in [5.74, 6) is 0.0191. The van der Waals surface area contributed by atoms with Crippen LogP contribution in [0, 0.1) is 0 Å². The van der Waals surface area contributed by atoms with E-state index in [9.17, 15) is 18.0 Å². The third-order valence-corrected chi connectivity index (χ3v) is 2.91. The molecule has 0 fully saturated rings. The third kappa shape index (κ3) is 2.85. The van der Waals surface area contributed by atoms with E-state index in [0.717, 1.165) is 6.07 Å². The average Bonchev–Trinajstić information content (AvgIpc) is 2.85. The maximum absolute atomic E-state index is 12.4. The molecule has 0 saturated carbocycles. The topological polar surface area (TPSA) is 43.1 Å². The first-order valence-corrected chi connectivity index (χ1v) is 6.08. The van der Waals surface area contributed by atoms with Gasteiger partial charge in [-0.2, -0.15) is 13.2 Å². The van der Waals surface area contributed by atoms with Crippen molar-refractivity contribution in [3.05, 3.63) is 52.2 Å². The molecule has 0 unspecified atom stereocenters.